The Kier molecular flexibility index (Phi) is 3.48. The molecule has 0 aromatic heterocycles. The zero-order valence-electron chi connectivity index (χ0n) is 10.6. The summed E-state index contributed by atoms with van der Waals surface area (Å²) < 4.78 is 1.10. The summed E-state index contributed by atoms with van der Waals surface area (Å²) in [6.45, 7) is 2.30. The van der Waals surface area contributed by atoms with E-state index in [9.17, 15) is 5.11 Å². The molecule has 2 fully saturated rings. The molecule has 2 aliphatic heterocycles. The fourth-order valence-corrected chi connectivity index (χ4v) is 3.95. The highest BCUT2D eigenvalue weighted by Gasteiger charge is 2.39. The lowest BCUT2D eigenvalue weighted by atomic mass is 9.82. The van der Waals surface area contributed by atoms with Gasteiger partial charge in [-0.25, -0.2) is 0 Å². The number of fused-ring (bicyclic) bond motifs is 1. The Labute approximate surface area is 117 Å². The number of aliphatic hydroxyl groups is 1. The van der Waals surface area contributed by atoms with Crippen molar-refractivity contribution >= 4 is 15.9 Å². The fourth-order valence-electron chi connectivity index (χ4n) is 3.50. The normalized spacial score (nSPS) is 32.4. The Morgan fingerprint density at radius 1 is 1.39 bits per heavy atom. The summed E-state index contributed by atoms with van der Waals surface area (Å²) in [6, 6.07) is 8.94. The van der Waals surface area contributed by atoms with Crippen LogP contribution in [0.15, 0.2) is 28.7 Å². The molecule has 2 heterocycles. The van der Waals surface area contributed by atoms with Crippen LogP contribution in [0.5, 0.6) is 0 Å². The van der Waals surface area contributed by atoms with Crippen LogP contribution in [-0.2, 0) is 6.42 Å². The predicted molar refractivity (Wildman–Crippen MR) is 76.6 cm³/mol. The van der Waals surface area contributed by atoms with Gasteiger partial charge in [-0.3, -0.25) is 0 Å². The zero-order valence-corrected chi connectivity index (χ0v) is 12.2. The molecule has 2 unspecified atom stereocenters. The van der Waals surface area contributed by atoms with Crippen LogP contribution in [0.1, 0.15) is 31.2 Å². The van der Waals surface area contributed by atoms with Crippen molar-refractivity contribution in [2.24, 2.45) is 0 Å². The number of nitrogens with zero attached hydrogens (tertiary/aromatic N) is 1. The number of hydrogen-bond acceptors (Lipinski definition) is 2. The van der Waals surface area contributed by atoms with Crippen LogP contribution in [0.2, 0.25) is 0 Å². The first-order valence-corrected chi connectivity index (χ1v) is 7.65. The molecule has 2 nitrogen and oxygen atoms in total. The van der Waals surface area contributed by atoms with Gasteiger partial charge in [0, 0.05) is 23.5 Å². The van der Waals surface area contributed by atoms with Crippen LogP contribution in [-0.4, -0.2) is 34.7 Å². The summed E-state index contributed by atoms with van der Waals surface area (Å²) in [6.07, 6.45) is 5.21. The second-order valence-electron chi connectivity index (χ2n) is 5.82. The zero-order chi connectivity index (χ0) is 12.6. The molecule has 2 aliphatic rings. The van der Waals surface area contributed by atoms with Gasteiger partial charge in [0.15, 0.2) is 0 Å². The van der Waals surface area contributed by atoms with E-state index in [1.165, 1.54) is 24.9 Å². The van der Waals surface area contributed by atoms with Crippen molar-refractivity contribution in [3.63, 3.8) is 0 Å². The van der Waals surface area contributed by atoms with Gasteiger partial charge in [0.05, 0.1) is 5.60 Å². The Bertz CT molecular complexity index is 436. The molecule has 1 N–H and O–H groups in total. The Morgan fingerprint density at radius 3 is 3.11 bits per heavy atom. The number of benzene rings is 1. The smallest absolute Gasteiger partial charge is 0.0715 e. The lowest BCUT2D eigenvalue weighted by molar-refractivity contribution is -0.0354. The molecular weight excluding hydrogens is 290 g/mol. The van der Waals surface area contributed by atoms with Crippen molar-refractivity contribution < 1.29 is 5.11 Å². The second-order valence-corrected chi connectivity index (χ2v) is 6.73. The summed E-state index contributed by atoms with van der Waals surface area (Å²) in [5.41, 5.74) is 0.741. The molecule has 0 bridgehead atoms. The summed E-state index contributed by atoms with van der Waals surface area (Å²) in [7, 11) is 0. The first-order valence-electron chi connectivity index (χ1n) is 6.86. The van der Waals surface area contributed by atoms with E-state index in [0.717, 1.165) is 30.3 Å². The number of rotatable bonds is 2. The van der Waals surface area contributed by atoms with Crippen molar-refractivity contribution in [2.45, 2.75) is 43.7 Å². The molecule has 1 aromatic carbocycles. The van der Waals surface area contributed by atoms with Gasteiger partial charge in [0.2, 0.25) is 0 Å². The molecular formula is C15H20BrNO. The fraction of sp³-hybridized carbons (Fsp3) is 0.600. The van der Waals surface area contributed by atoms with E-state index in [0.29, 0.717) is 6.04 Å². The van der Waals surface area contributed by atoms with E-state index in [-0.39, 0.29) is 0 Å². The number of hydrogen-bond donors (Lipinski definition) is 1. The molecule has 0 saturated carbocycles. The minimum absolute atomic E-state index is 0.494. The van der Waals surface area contributed by atoms with E-state index in [2.05, 4.69) is 33.0 Å². The minimum atomic E-state index is -0.494. The largest absolute Gasteiger partial charge is 0.389 e. The molecule has 3 rings (SSSR count). The lowest BCUT2D eigenvalue weighted by Crippen LogP contribution is -2.48. The standard InChI is InChI=1S/C15H20BrNO/c16-13-4-1-3-12(9-13)10-15(18)6-8-17-7-2-5-14(17)11-15/h1,3-4,9,14,18H,2,5-8,10-11H2. The molecule has 2 saturated heterocycles. The van der Waals surface area contributed by atoms with Crippen molar-refractivity contribution in [3.8, 4) is 0 Å². The second kappa shape index (κ2) is 4.95. The van der Waals surface area contributed by atoms with E-state index >= 15 is 0 Å². The monoisotopic (exact) mass is 309 g/mol. The summed E-state index contributed by atoms with van der Waals surface area (Å²) in [5.74, 6) is 0. The van der Waals surface area contributed by atoms with Gasteiger partial charge in [0.1, 0.15) is 0 Å². The maximum atomic E-state index is 10.8. The average molecular weight is 310 g/mol. The number of halogens is 1. The van der Waals surface area contributed by atoms with Gasteiger partial charge < -0.3 is 10.0 Å². The quantitative estimate of drug-likeness (QED) is 0.908. The van der Waals surface area contributed by atoms with E-state index in [1.807, 2.05) is 12.1 Å². The molecule has 18 heavy (non-hydrogen) atoms. The Morgan fingerprint density at radius 2 is 2.28 bits per heavy atom. The molecule has 2 atom stereocenters. The SMILES string of the molecule is OC1(Cc2cccc(Br)c2)CCN2CCCC2C1. The predicted octanol–water partition coefficient (Wildman–Crippen LogP) is 2.98. The van der Waals surface area contributed by atoms with Crippen LogP contribution in [0.4, 0.5) is 0 Å². The van der Waals surface area contributed by atoms with Crippen molar-refractivity contribution in [3.05, 3.63) is 34.3 Å². The molecule has 0 spiro atoms. The topological polar surface area (TPSA) is 23.5 Å². The average Bonchev–Trinajstić information content (AvgIpc) is 2.75. The van der Waals surface area contributed by atoms with Gasteiger partial charge in [-0.15, -0.1) is 0 Å². The van der Waals surface area contributed by atoms with Crippen LogP contribution < -0.4 is 0 Å². The highest BCUT2D eigenvalue weighted by atomic mass is 79.9. The first kappa shape index (κ1) is 12.6. The van der Waals surface area contributed by atoms with Crippen LogP contribution in [0, 0.1) is 0 Å². The molecule has 3 heteroatoms. The first-order chi connectivity index (χ1) is 8.65. The summed E-state index contributed by atoms with van der Waals surface area (Å²) in [4.78, 5) is 2.55. The van der Waals surface area contributed by atoms with Gasteiger partial charge >= 0.3 is 0 Å². The highest BCUT2D eigenvalue weighted by molar-refractivity contribution is 9.10. The van der Waals surface area contributed by atoms with E-state index < -0.39 is 5.60 Å². The summed E-state index contributed by atoms with van der Waals surface area (Å²) >= 11 is 3.50. The molecule has 0 amide bonds. The lowest BCUT2D eigenvalue weighted by Gasteiger charge is -2.41. The third-order valence-corrected chi connectivity index (χ3v) is 4.89. The van der Waals surface area contributed by atoms with E-state index in [1.54, 1.807) is 0 Å². The third-order valence-electron chi connectivity index (χ3n) is 4.40. The van der Waals surface area contributed by atoms with Crippen LogP contribution in [0.3, 0.4) is 0 Å². The molecule has 0 aliphatic carbocycles. The van der Waals surface area contributed by atoms with Crippen molar-refractivity contribution in [2.75, 3.05) is 13.1 Å². The molecule has 1 aromatic rings. The van der Waals surface area contributed by atoms with Gasteiger partial charge in [0.25, 0.3) is 0 Å². The van der Waals surface area contributed by atoms with Crippen LogP contribution >= 0.6 is 15.9 Å². The van der Waals surface area contributed by atoms with E-state index in [4.69, 9.17) is 0 Å². The van der Waals surface area contributed by atoms with Gasteiger partial charge in [-0.1, -0.05) is 28.1 Å². The highest BCUT2D eigenvalue weighted by Crippen LogP contribution is 2.35. The number of piperidine rings is 1. The minimum Gasteiger partial charge on any atom is -0.389 e. The van der Waals surface area contributed by atoms with Crippen molar-refractivity contribution in [1.82, 2.24) is 4.90 Å². The molecule has 0 radical (unpaired) electrons. The maximum absolute atomic E-state index is 10.8. The Hall–Kier alpha value is -0.380. The van der Waals surface area contributed by atoms with Gasteiger partial charge in [-0.2, -0.15) is 0 Å². The van der Waals surface area contributed by atoms with Gasteiger partial charge in [-0.05, 0) is 49.9 Å². The summed E-state index contributed by atoms with van der Waals surface area (Å²) in [5, 5.41) is 10.8. The maximum Gasteiger partial charge on any atom is 0.0715 e. The Balaban J connectivity index is 1.71. The van der Waals surface area contributed by atoms with Crippen LogP contribution in [0.25, 0.3) is 0 Å². The third kappa shape index (κ3) is 2.63. The molecule has 98 valence electrons. The van der Waals surface area contributed by atoms with Crippen molar-refractivity contribution in [1.29, 1.82) is 0 Å².